The van der Waals surface area contributed by atoms with E-state index in [1.54, 1.807) is 12.1 Å². The van der Waals surface area contributed by atoms with Crippen LogP contribution in [0.15, 0.2) is 24.3 Å². The zero-order valence-electron chi connectivity index (χ0n) is 16.6. The Bertz CT molecular complexity index is 771. The number of hydrogen-bond donors (Lipinski definition) is 2. The molecule has 1 aliphatic heterocycles. The first-order valence-electron chi connectivity index (χ1n) is 9.63. The molecule has 2 heterocycles. The molecule has 1 saturated heterocycles. The second-order valence-corrected chi connectivity index (χ2v) is 7.60. The molecule has 1 amide bonds. The molecular weight excluding hydrogens is 381 g/mol. The highest BCUT2D eigenvalue weighted by molar-refractivity contribution is 5.93. The van der Waals surface area contributed by atoms with Crippen molar-refractivity contribution in [3.63, 3.8) is 0 Å². The fraction of sp³-hybridized carbons (Fsp3) is 0.550. The van der Waals surface area contributed by atoms with Crippen LogP contribution in [0.3, 0.4) is 0 Å². The van der Waals surface area contributed by atoms with Crippen LogP contribution in [0.1, 0.15) is 54.5 Å². The fourth-order valence-electron chi connectivity index (χ4n) is 3.51. The van der Waals surface area contributed by atoms with E-state index < -0.39 is 0 Å². The average Bonchev–Trinajstić information content (AvgIpc) is 3.05. The maximum atomic E-state index is 13.1. The molecule has 3 rings (SSSR count). The van der Waals surface area contributed by atoms with E-state index >= 15 is 0 Å². The van der Waals surface area contributed by atoms with E-state index in [0.717, 1.165) is 37.2 Å². The zero-order chi connectivity index (χ0) is 19.4. The first-order chi connectivity index (χ1) is 13.0. The summed E-state index contributed by atoms with van der Waals surface area (Å²) in [5.41, 5.74) is 2.19. The van der Waals surface area contributed by atoms with Crippen molar-refractivity contribution >= 4 is 18.3 Å². The third-order valence-corrected chi connectivity index (χ3v) is 5.29. The molecule has 2 N–H and O–H groups in total. The van der Waals surface area contributed by atoms with Crippen LogP contribution < -0.4 is 10.6 Å². The molecule has 0 bridgehead atoms. The molecule has 1 fully saturated rings. The van der Waals surface area contributed by atoms with Crippen molar-refractivity contribution in [1.82, 2.24) is 25.6 Å². The molecule has 1 aromatic heterocycles. The smallest absolute Gasteiger partial charge is 0.273 e. The van der Waals surface area contributed by atoms with E-state index in [2.05, 4.69) is 34.8 Å². The summed E-state index contributed by atoms with van der Waals surface area (Å²) in [5.74, 6) is -0.221. The third-order valence-electron chi connectivity index (χ3n) is 5.29. The van der Waals surface area contributed by atoms with Gasteiger partial charge >= 0.3 is 0 Å². The molecule has 6 nitrogen and oxygen atoms in total. The van der Waals surface area contributed by atoms with Gasteiger partial charge in [-0.1, -0.05) is 31.2 Å². The number of nitrogens with zero attached hydrogens (tertiary/aromatic N) is 3. The summed E-state index contributed by atoms with van der Waals surface area (Å²) in [6, 6.07) is 6.64. The molecular formula is C20H29ClFN5O. The van der Waals surface area contributed by atoms with E-state index in [1.165, 1.54) is 12.1 Å². The number of rotatable bonds is 6. The predicted molar refractivity (Wildman–Crippen MR) is 109 cm³/mol. The van der Waals surface area contributed by atoms with Gasteiger partial charge in [-0.05, 0) is 62.9 Å². The number of carbonyl (C=O) groups is 1. The van der Waals surface area contributed by atoms with Crippen molar-refractivity contribution in [2.24, 2.45) is 5.92 Å². The summed E-state index contributed by atoms with van der Waals surface area (Å²) in [4.78, 5) is 12.8. The van der Waals surface area contributed by atoms with Gasteiger partial charge in [-0.15, -0.1) is 17.5 Å². The highest BCUT2D eigenvalue weighted by Crippen LogP contribution is 2.20. The van der Waals surface area contributed by atoms with Crippen molar-refractivity contribution in [1.29, 1.82) is 0 Å². The molecule has 8 heteroatoms. The van der Waals surface area contributed by atoms with Gasteiger partial charge < -0.3 is 10.6 Å². The Morgan fingerprint density at radius 3 is 2.54 bits per heavy atom. The molecule has 1 aliphatic rings. The minimum Gasteiger partial charge on any atom is -0.347 e. The Morgan fingerprint density at radius 1 is 1.29 bits per heavy atom. The van der Waals surface area contributed by atoms with Gasteiger partial charge in [0.1, 0.15) is 5.82 Å². The first kappa shape index (κ1) is 22.3. The molecule has 1 aromatic carbocycles. The van der Waals surface area contributed by atoms with Crippen molar-refractivity contribution in [2.45, 2.75) is 52.1 Å². The van der Waals surface area contributed by atoms with Crippen molar-refractivity contribution < 1.29 is 9.18 Å². The highest BCUT2D eigenvalue weighted by Gasteiger charge is 2.25. The molecule has 2 aromatic rings. The van der Waals surface area contributed by atoms with E-state index in [9.17, 15) is 9.18 Å². The predicted octanol–water partition coefficient (Wildman–Crippen LogP) is 3.07. The van der Waals surface area contributed by atoms with Gasteiger partial charge in [0.25, 0.3) is 5.91 Å². The minimum absolute atomic E-state index is 0. The van der Waals surface area contributed by atoms with Gasteiger partial charge in [-0.2, -0.15) is 0 Å². The summed E-state index contributed by atoms with van der Waals surface area (Å²) >= 11 is 0. The SMILES string of the molecule is Cc1c(C(=O)NC(Cc2ccc(F)cc2)C(C)C)nnn1C1CCNCC1.Cl. The van der Waals surface area contributed by atoms with Gasteiger partial charge in [-0.3, -0.25) is 4.79 Å². The Kier molecular flexibility index (Phi) is 7.95. The van der Waals surface area contributed by atoms with Crippen LogP contribution in [-0.4, -0.2) is 40.0 Å². The van der Waals surface area contributed by atoms with Crippen molar-refractivity contribution in [3.8, 4) is 0 Å². The Labute approximate surface area is 171 Å². The van der Waals surface area contributed by atoms with E-state index in [0.29, 0.717) is 18.2 Å². The maximum absolute atomic E-state index is 13.1. The lowest BCUT2D eigenvalue weighted by Gasteiger charge is -2.24. The molecule has 0 aliphatic carbocycles. The Morgan fingerprint density at radius 2 is 1.93 bits per heavy atom. The van der Waals surface area contributed by atoms with Crippen molar-refractivity contribution in [3.05, 3.63) is 47.0 Å². The van der Waals surface area contributed by atoms with E-state index in [-0.39, 0.29) is 36.1 Å². The second-order valence-electron chi connectivity index (χ2n) is 7.60. The van der Waals surface area contributed by atoms with E-state index in [4.69, 9.17) is 0 Å². The molecule has 154 valence electrons. The topological polar surface area (TPSA) is 71.8 Å². The third kappa shape index (κ3) is 5.29. The Hall–Kier alpha value is -1.99. The van der Waals surface area contributed by atoms with Crippen LogP contribution >= 0.6 is 12.4 Å². The first-order valence-corrected chi connectivity index (χ1v) is 9.63. The van der Waals surface area contributed by atoms with Gasteiger partial charge in [0.15, 0.2) is 5.69 Å². The number of piperidine rings is 1. The molecule has 28 heavy (non-hydrogen) atoms. The average molecular weight is 410 g/mol. The molecule has 0 spiro atoms. The van der Waals surface area contributed by atoms with Gasteiger partial charge in [-0.25, -0.2) is 9.07 Å². The second kappa shape index (κ2) is 9.98. The number of carbonyl (C=O) groups excluding carboxylic acids is 1. The summed E-state index contributed by atoms with van der Waals surface area (Å²) in [7, 11) is 0. The lowest BCUT2D eigenvalue weighted by atomic mass is 9.96. The number of halogens is 2. The summed E-state index contributed by atoms with van der Waals surface area (Å²) in [5, 5.41) is 14.8. The van der Waals surface area contributed by atoms with Crippen molar-refractivity contribution in [2.75, 3.05) is 13.1 Å². The van der Waals surface area contributed by atoms with Crippen LogP contribution in [-0.2, 0) is 6.42 Å². The number of aromatic nitrogens is 3. The molecule has 0 saturated carbocycles. The highest BCUT2D eigenvalue weighted by atomic mass is 35.5. The summed E-state index contributed by atoms with van der Waals surface area (Å²) < 4.78 is 15.0. The summed E-state index contributed by atoms with van der Waals surface area (Å²) in [6.07, 6.45) is 2.63. The monoisotopic (exact) mass is 409 g/mol. The lowest BCUT2D eigenvalue weighted by molar-refractivity contribution is 0.0920. The number of nitrogens with one attached hydrogen (secondary N) is 2. The van der Waals surface area contributed by atoms with E-state index in [1.807, 2.05) is 11.6 Å². The van der Waals surface area contributed by atoms with Crippen LogP contribution in [0.4, 0.5) is 4.39 Å². The van der Waals surface area contributed by atoms with Gasteiger partial charge in [0.05, 0.1) is 11.7 Å². The van der Waals surface area contributed by atoms with Crippen LogP contribution in [0, 0.1) is 18.7 Å². The normalized spacial score (nSPS) is 15.9. The van der Waals surface area contributed by atoms with Crippen LogP contribution in [0.2, 0.25) is 0 Å². The number of benzene rings is 1. The fourth-order valence-corrected chi connectivity index (χ4v) is 3.51. The summed E-state index contributed by atoms with van der Waals surface area (Å²) in [6.45, 7) is 7.94. The zero-order valence-corrected chi connectivity index (χ0v) is 17.4. The van der Waals surface area contributed by atoms with Gasteiger partial charge in [0, 0.05) is 6.04 Å². The maximum Gasteiger partial charge on any atom is 0.273 e. The lowest BCUT2D eigenvalue weighted by Crippen LogP contribution is -2.40. The van der Waals surface area contributed by atoms with Gasteiger partial charge in [0.2, 0.25) is 0 Å². The Balaban J connectivity index is 0.00000280. The number of amides is 1. The number of hydrogen-bond acceptors (Lipinski definition) is 4. The molecule has 1 unspecified atom stereocenters. The quantitative estimate of drug-likeness (QED) is 0.769. The largest absolute Gasteiger partial charge is 0.347 e. The standard InChI is InChI=1S/C20H28FN5O.ClH/c1-13(2)18(12-15-4-6-16(21)7-5-15)23-20(27)19-14(3)26(25-24-19)17-8-10-22-11-9-17;/h4-7,13,17-18,22H,8-12H2,1-3H3,(H,23,27);1H. The molecule has 0 radical (unpaired) electrons. The van der Waals surface area contributed by atoms with Crippen LogP contribution in [0.25, 0.3) is 0 Å². The minimum atomic E-state index is -0.256. The van der Waals surface area contributed by atoms with Crippen LogP contribution in [0.5, 0.6) is 0 Å². The molecule has 1 atom stereocenters.